The lowest BCUT2D eigenvalue weighted by atomic mass is 9.89. The molecule has 2 aliphatic rings. The first-order valence-corrected chi connectivity index (χ1v) is 7.46. The Kier molecular flexibility index (Phi) is 4.39. The molecule has 1 saturated heterocycles. The van der Waals surface area contributed by atoms with Crippen LogP contribution in [0, 0.1) is 0 Å². The predicted octanol–water partition coefficient (Wildman–Crippen LogP) is 0.692. The fourth-order valence-electron chi connectivity index (χ4n) is 2.55. The summed E-state index contributed by atoms with van der Waals surface area (Å²) in [5.74, 6) is -1.23. The van der Waals surface area contributed by atoms with Crippen LogP contribution in [0.15, 0.2) is 0 Å². The molecule has 0 aromatic rings. The molecule has 7 nitrogen and oxygen atoms in total. The topological polar surface area (TPSA) is 98.7 Å². The molecule has 7 heteroatoms. The number of urea groups is 1. The maximum atomic E-state index is 12.3. The molecular formula is C14H23N3O4. The molecule has 3 amide bonds. The van der Waals surface area contributed by atoms with Crippen molar-refractivity contribution < 1.29 is 19.5 Å². The van der Waals surface area contributed by atoms with Crippen LogP contribution < -0.4 is 10.6 Å². The summed E-state index contributed by atoms with van der Waals surface area (Å²) in [7, 11) is 0. The van der Waals surface area contributed by atoms with Crippen LogP contribution in [0.5, 0.6) is 0 Å². The summed E-state index contributed by atoms with van der Waals surface area (Å²) in [6.07, 6.45) is 3.95. The van der Waals surface area contributed by atoms with Gasteiger partial charge in [-0.3, -0.25) is 4.79 Å². The van der Waals surface area contributed by atoms with E-state index < -0.39 is 23.6 Å². The molecule has 2 unspecified atom stereocenters. The third-order valence-corrected chi connectivity index (χ3v) is 4.25. The van der Waals surface area contributed by atoms with Crippen LogP contribution >= 0.6 is 0 Å². The van der Waals surface area contributed by atoms with E-state index in [1.54, 1.807) is 13.8 Å². The first kappa shape index (κ1) is 15.6. The minimum Gasteiger partial charge on any atom is -0.480 e. The first-order valence-electron chi connectivity index (χ1n) is 7.46. The van der Waals surface area contributed by atoms with Crippen molar-refractivity contribution in [2.45, 2.75) is 63.6 Å². The second-order valence-corrected chi connectivity index (χ2v) is 6.14. The molecule has 21 heavy (non-hydrogen) atoms. The van der Waals surface area contributed by atoms with Gasteiger partial charge in [-0.25, -0.2) is 9.59 Å². The molecule has 1 aliphatic heterocycles. The molecule has 118 valence electrons. The lowest BCUT2D eigenvalue weighted by Gasteiger charge is -2.41. The number of carbonyl (C=O) groups is 3. The number of hydrogen-bond donors (Lipinski definition) is 3. The van der Waals surface area contributed by atoms with Crippen LogP contribution in [0.2, 0.25) is 0 Å². The van der Waals surface area contributed by atoms with Crippen LogP contribution in [0.1, 0.15) is 46.0 Å². The first-order chi connectivity index (χ1) is 9.84. The van der Waals surface area contributed by atoms with Gasteiger partial charge in [-0.2, -0.15) is 0 Å². The van der Waals surface area contributed by atoms with Crippen LogP contribution in [-0.2, 0) is 9.59 Å². The van der Waals surface area contributed by atoms with E-state index in [2.05, 4.69) is 10.6 Å². The Morgan fingerprint density at radius 3 is 2.52 bits per heavy atom. The van der Waals surface area contributed by atoms with Gasteiger partial charge < -0.3 is 20.6 Å². The zero-order valence-corrected chi connectivity index (χ0v) is 12.5. The lowest BCUT2D eigenvalue weighted by Crippen LogP contribution is -2.61. The number of nitrogens with zero attached hydrogens (tertiary/aromatic N) is 1. The summed E-state index contributed by atoms with van der Waals surface area (Å²) in [5.41, 5.74) is -1.20. The minimum absolute atomic E-state index is 0.222. The molecule has 3 N–H and O–H groups in total. The highest BCUT2D eigenvalue weighted by Crippen LogP contribution is 2.28. The van der Waals surface area contributed by atoms with Crippen LogP contribution in [0.25, 0.3) is 0 Å². The van der Waals surface area contributed by atoms with Gasteiger partial charge in [-0.15, -0.1) is 0 Å². The van der Waals surface area contributed by atoms with Crippen molar-refractivity contribution in [3.63, 3.8) is 0 Å². The molecule has 1 aliphatic carbocycles. The minimum atomic E-state index is -1.20. The highest BCUT2D eigenvalue weighted by atomic mass is 16.4. The van der Waals surface area contributed by atoms with E-state index in [0.29, 0.717) is 13.0 Å². The van der Waals surface area contributed by atoms with Crippen LogP contribution in [-0.4, -0.2) is 52.1 Å². The normalized spacial score (nSPS) is 26.9. The van der Waals surface area contributed by atoms with E-state index in [1.165, 1.54) is 4.90 Å². The number of carboxylic acids is 1. The third-order valence-electron chi connectivity index (χ3n) is 4.25. The quantitative estimate of drug-likeness (QED) is 0.711. The van der Waals surface area contributed by atoms with Gasteiger partial charge in [0.15, 0.2) is 0 Å². The van der Waals surface area contributed by atoms with Crippen molar-refractivity contribution >= 4 is 17.9 Å². The van der Waals surface area contributed by atoms with Gasteiger partial charge in [0.25, 0.3) is 0 Å². The zero-order valence-electron chi connectivity index (χ0n) is 12.5. The Morgan fingerprint density at radius 2 is 1.95 bits per heavy atom. The fourth-order valence-corrected chi connectivity index (χ4v) is 2.55. The second kappa shape index (κ2) is 5.91. The van der Waals surface area contributed by atoms with Gasteiger partial charge in [-0.1, -0.05) is 0 Å². The number of hydrogen-bond acceptors (Lipinski definition) is 3. The lowest BCUT2D eigenvalue weighted by molar-refractivity contribution is -0.150. The third kappa shape index (κ3) is 3.46. The SMILES string of the molecule is CC(NC(=O)N1CCCCC1(C)C(=O)O)C(=O)NC1CC1. The Labute approximate surface area is 124 Å². The Hall–Kier alpha value is -1.79. The summed E-state index contributed by atoms with van der Waals surface area (Å²) in [5, 5.41) is 14.8. The molecule has 0 aromatic heterocycles. The van der Waals surface area contributed by atoms with E-state index in [1.807, 2.05) is 0 Å². The van der Waals surface area contributed by atoms with Gasteiger partial charge in [-0.05, 0) is 46.0 Å². The maximum absolute atomic E-state index is 12.3. The molecule has 2 rings (SSSR count). The average Bonchev–Trinajstić information content (AvgIpc) is 3.22. The highest BCUT2D eigenvalue weighted by Gasteiger charge is 2.44. The Balaban J connectivity index is 1.96. The molecule has 2 fully saturated rings. The summed E-state index contributed by atoms with van der Waals surface area (Å²) in [4.78, 5) is 36.9. The number of nitrogens with one attached hydrogen (secondary N) is 2. The van der Waals surface area contributed by atoms with Crippen molar-refractivity contribution in [2.75, 3.05) is 6.54 Å². The Morgan fingerprint density at radius 1 is 1.29 bits per heavy atom. The number of carbonyl (C=O) groups excluding carboxylic acids is 2. The number of carboxylic acid groups (broad SMARTS) is 1. The number of rotatable bonds is 4. The summed E-state index contributed by atoms with van der Waals surface area (Å²) < 4.78 is 0. The van der Waals surface area contributed by atoms with Crippen molar-refractivity contribution in [1.82, 2.24) is 15.5 Å². The average molecular weight is 297 g/mol. The van der Waals surface area contributed by atoms with E-state index >= 15 is 0 Å². The van der Waals surface area contributed by atoms with Crippen molar-refractivity contribution in [2.24, 2.45) is 0 Å². The van der Waals surface area contributed by atoms with Crippen molar-refractivity contribution in [3.05, 3.63) is 0 Å². The zero-order chi connectivity index (χ0) is 15.6. The highest BCUT2D eigenvalue weighted by molar-refractivity contribution is 5.90. The van der Waals surface area contributed by atoms with Gasteiger partial charge >= 0.3 is 12.0 Å². The molecule has 0 bridgehead atoms. The number of likely N-dealkylation sites (tertiary alicyclic amines) is 1. The van der Waals surface area contributed by atoms with Gasteiger partial charge in [0.05, 0.1) is 0 Å². The molecule has 0 spiro atoms. The second-order valence-electron chi connectivity index (χ2n) is 6.14. The summed E-state index contributed by atoms with van der Waals surface area (Å²) in [6, 6.07) is -0.924. The number of piperidine rings is 1. The molecule has 2 atom stereocenters. The van der Waals surface area contributed by atoms with Crippen molar-refractivity contribution in [3.8, 4) is 0 Å². The predicted molar refractivity (Wildman–Crippen MR) is 75.8 cm³/mol. The number of aliphatic carboxylic acids is 1. The maximum Gasteiger partial charge on any atom is 0.329 e. The smallest absolute Gasteiger partial charge is 0.329 e. The number of amides is 3. The van der Waals surface area contributed by atoms with Crippen LogP contribution in [0.4, 0.5) is 4.79 Å². The van der Waals surface area contributed by atoms with E-state index in [0.717, 1.165) is 25.7 Å². The standard InChI is InChI=1S/C14H23N3O4/c1-9(11(18)16-10-5-6-10)15-13(21)17-8-4-3-7-14(17,2)12(19)20/h9-10H,3-8H2,1-2H3,(H,15,21)(H,16,18)(H,19,20). The molecule has 0 radical (unpaired) electrons. The van der Waals surface area contributed by atoms with Gasteiger partial charge in [0, 0.05) is 12.6 Å². The monoisotopic (exact) mass is 297 g/mol. The van der Waals surface area contributed by atoms with Crippen LogP contribution in [0.3, 0.4) is 0 Å². The van der Waals surface area contributed by atoms with E-state index in [4.69, 9.17) is 0 Å². The largest absolute Gasteiger partial charge is 0.480 e. The van der Waals surface area contributed by atoms with E-state index in [-0.39, 0.29) is 11.9 Å². The molecule has 1 saturated carbocycles. The van der Waals surface area contributed by atoms with Gasteiger partial charge in [0.2, 0.25) is 5.91 Å². The molecule has 0 aromatic carbocycles. The van der Waals surface area contributed by atoms with Crippen molar-refractivity contribution in [1.29, 1.82) is 0 Å². The van der Waals surface area contributed by atoms with E-state index in [9.17, 15) is 19.5 Å². The van der Waals surface area contributed by atoms with Gasteiger partial charge in [0.1, 0.15) is 11.6 Å². The fraction of sp³-hybridized carbons (Fsp3) is 0.786. The summed E-state index contributed by atoms with van der Waals surface area (Å²) >= 11 is 0. The summed E-state index contributed by atoms with van der Waals surface area (Å²) in [6.45, 7) is 3.56. The Bertz CT molecular complexity index is 450. The molecular weight excluding hydrogens is 274 g/mol. The molecule has 1 heterocycles.